The average molecular weight is 358 g/mol. The Morgan fingerprint density at radius 3 is 2.50 bits per heavy atom. The van der Waals surface area contributed by atoms with E-state index in [4.69, 9.17) is 9.47 Å². The molecular weight excluding hydrogens is 335 g/mol. The SMILES string of the molecule is COc1cc(OC)cc(N2CCC(Nc3cccc(F)c3C(C)=O)C2)c1. The van der Waals surface area contributed by atoms with Gasteiger partial charge < -0.3 is 19.7 Å². The lowest BCUT2D eigenvalue weighted by atomic mass is 10.1. The van der Waals surface area contributed by atoms with Crippen molar-refractivity contribution < 1.29 is 18.7 Å². The number of anilines is 2. The molecule has 0 spiro atoms. The number of ketones is 1. The van der Waals surface area contributed by atoms with Crippen molar-refractivity contribution in [3.63, 3.8) is 0 Å². The summed E-state index contributed by atoms with van der Waals surface area (Å²) >= 11 is 0. The summed E-state index contributed by atoms with van der Waals surface area (Å²) < 4.78 is 24.7. The van der Waals surface area contributed by atoms with Gasteiger partial charge in [-0.05, 0) is 25.5 Å². The van der Waals surface area contributed by atoms with E-state index in [1.54, 1.807) is 26.4 Å². The summed E-state index contributed by atoms with van der Waals surface area (Å²) in [6.07, 6.45) is 0.882. The summed E-state index contributed by atoms with van der Waals surface area (Å²) in [6, 6.07) is 10.6. The lowest BCUT2D eigenvalue weighted by Crippen LogP contribution is -2.26. The number of ether oxygens (including phenoxy) is 2. The number of nitrogens with one attached hydrogen (secondary N) is 1. The van der Waals surface area contributed by atoms with Crippen molar-refractivity contribution in [2.24, 2.45) is 0 Å². The summed E-state index contributed by atoms with van der Waals surface area (Å²) in [5, 5.41) is 3.32. The number of benzene rings is 2. The topological polar surface area (TPSA) is 50.8 Å². The molecule has 0 bridgehead atoms. The fraction of sp³-hybridized carbons (Fsp3) is 0.350. The van der Waals surface area contributed by atoms with Gasteiger partial charge in [-0.3, -0.25) is 4.79 Å². The van der Waals surface area contributed by atoms with Crippen molar-refractivity contribution in [2.45, 2.75) is 19.4 Å². The molecule has 3 rings (SSSR count). The molecule has 26 heavy (non-hydrogen) atoms. The van der Waals surface area contributed by atoms with E-state index in [2.05, 4.69) is 10.2 Å². The highest BCUT2D eigenvalue weighted by Gasteiger charge is 2.25. The first-order valence-electron chi connectivity index (χ1n) is 8.56. The lowest BCUT2D eigenvalue weighted by Gasteiger charge is -2.21. The highest BCUT2D eigenvalue weighted by atomic mass is 19.1. The van der Waals surface area contributed by atoms with Gasteiger partial charge in [0.05, 0.1) is 19.8 Å². The highest BCUT2D eigenvalue weighted by molar-refractivity contribution is 5.99. The smallest absolute Gasteiger partial charge is 0.164 e. The molecule has 2 aromatic carbocycles. The van der Waals surface area contributed by atoms with Gasteiger partial charge in [0, 0.05) is 48.7 Å². The first-order chi connectivity index (χ1) is 12.5. The maximum absolute atomic E-state index is 14.0. The predicted octanol–water partition coefficient (Wildman–Crippen LogP) is 3.74. The summed E-state index contributed by atoms with van der Waals surface area (Å²) in [6.45, 7) is 2.97. The molecule has 1 N–H and O–H groups in total. The summed E-state index contributed by atoms with van der Waals surface area (Å²) in [7, 11) is 3.25. The number of hydrogen-bond acceptors (Lipinski definition) is 5. The van der Waals surface area contributed by atoms with Gasteiger partial charge in [-0.25, -0.2) is 4.39 Å². The van der Waals surface area contributed by atoms with E-state index in [1.807, 2.05) is 18.2 Å². The van der Waals surface area contributed by atoms with Crippen molar-refractivity contribution in [1.82, 2.24) is 0 Å². The first-order valence-corrected chi connectivity index (χ1v) is 8.56. The number of halogens is 1. The van der Waals surface area contributed by atoms with Crippen LogP contribution in [0, 0.1) is 5.82 Å². The Kier molecular flexibility index (Phi) is 5.30. The Labute approximate surface area is 152 Å². The quantitative estimate of drug-likeness (QED) is 0.798. The number of rotatable bonds is 6. The predicted molar refractivity (Wildman–Crippen MR) is 100 cm³/mol. The zero-order valence-corrected chi connectivity index (χ0v) is 15.2. The van der Waals surface area contributed by atoms with Crippen LogP contribution in [0.1, 0.15) is 23.7 Å². The van der Waals surface area contributed by atoms with E-state index in [0.717, 1.165) is 36.7 Å². The van der Waals surface area contributed by atoms with E-state index in [-0.39, 0.29) is 17.4 Å². The van der Waals surface area contributed by atoms with Crippen LogP contribution in [-0.2, 0) is 0 Å². The van der Waals surface area contributed by atoms with E-state index < -0.39 is 5.82 Å². The number of hydrogen-bond donors (Lipinski definition) is 1. The molecule has 138 valence electrons. The van der Waals surface area contributed by atoms with Crippen LogP contribution < -0.4 is 19.7 Å². The molecule has 1 aliphatic heterocycles. The van der Waals surface area contributed by atoms with Gasteiger partial charge in [-0.15, -0.1) is 0 Å². The lowest BCUT2D eigenvalue weighted by molar-refractivity contribution is 0.101. The fourth-order valence-electron chi connectivity index (χ4n) is 3.31. The molecule has 1 saturated heterocycles. The van der Waals surface area contributed by atoms with E-state index in [9.17, 15) is 9.18 Å². The molecule has 1 heterocycles. The minimum absolute atomic E-state index is 0.118. The summed E-state index contributed by atoms with van der Waals surface area (Å²) in [4.78, 5) is 14.0. The number of Topliss-reactive ketones (excluding diaryl/α,β-unsaturated/α-hetero) is 1. The van der Waals surface area contributed by atoms with Gasteiger partial charge in [0.2, 0.25) is 0 Å². The van der Waals surface area contributed by atoms with Crippen molar-refractivity contribution in [3.05, 3.63) is 47.8 Å². The normalized spacial score (nSPS) is 16.5. The molecule has 0 amide bonds. The zero-order chi connectivity index (χ0) is 18.7. The van der Waals surface area contributed by atoms with E-state index in [1.165, 1.54) is 13.0 Å². The Hall–Kier alpha value is -2.76. The van der Waals surface area contributed by atoms with Gasteiger partial charge >= 0.3 is 0 Å². The minimum atomic E-state index is -0.491. The monoisotopic (exact) mass is 358 g/mol. The maximum Gasteiger partial charge on any atom is 0.164 e. The van der Waals surface area contributed by atoms with Gasteiger partial charge in [0.15, 0.2) is 5.78 Å². The molecule has 2 aromatic rings. The number of nitrogens with zero attached hydrogens (tertiary/aromatic N) is 1. The van der Waals surface area contributed by atoms with Gasteiger partial charge in [0.1, 0.15) is 17.3 Å². The molecular formula is C20H23FN2O3. The van der Waals surface area contributed by atoms with Crippen molar-refractivity contribution in [1.29, 1.82) is 0 Å². The van der Waals surface area contributed by atoms with Crippen LogP contribution in [0.4, 0.5) is 15.8 Å². The second kappa shape index (κ2) is 7.64. The molecule has 1 fully saturated rings. The van der Waals surface area contributed by atoms with Crippen molar-refractivity contribution in [2.75, 3.05) is 37.5 Å². The Morgan fingerprint density at radius 1 is 1.19 bits per heavy atom. The molecule has 0 aromatic heterocycles. The van der Waals surface area contributed by atoms with Crippen LogP contribution in [0.3, 0.4) is 0 Å². The third-order valence-corrected chi connectivity index (χ3v) is 4.61. The van der Waals surface area contributed by atoms with Crippen LogP contribution >= 0.6 is 0 Å². The Bertz CT molecular complexity index is 787. The standard InChI is InChI=1S/C20H23FN2O3/c1-13(24)20-18(21)5-4-6-19(20)22-14-7-8-23(12-14)15-9-16(25-2)11-17(10-15)26-3/h4-6,9-11,14,22H,7-8,12H2,1-3H3. The highest BCUT2D eigenvalue weighted by Crippen LogP contribution is 2.31. The average Bonchev–Trinajstić information content (AvgIpc) is 3.09. The second-order valence-electron chi connectivity index (χ2n) is 6.37. The van der Waals surface area contributed by atoms with Gasteiger partial charge in [0.25, 0.3) is 0 Å². The molecule has 1 aliphatic rings. The minimum Gasteiger partial charge on any atom is -0.497 e. The molecule has 1 atom stereocenters. The van der Waals surface area contributed by atoms with Crippen LogP contribution in [0.5, 0.6) is 11.5 Å². The van der Waals surface area contributed by atoms with Crippen molar-refractivity contribution in [3.8, 4) is 11.5 Å². The van der Waals surface area contributed by atoms with E-state index in [0.29, 0.717) is 5.69 Å². The van der Waals surface area contributed by atoms with Crippen molar-refractivity contribution >= 4 is 17.2 Å². The third kappa shape index (κ3) is 3.74. The number of carbonyl (C=O) groups is 1. The molecule has 5 nitrogen and oxygen atoms in total. The van der Waals surface area contributed by atoms with Crippen LogP contribution in [-0.4, -0.2) is 39.1 Å². The summed E-state index contributed by atoms with van der Waals surface area (Å²) in [5.41, 5.74) is 1.68. The maximum atomic E-state index is 14.0. The fourth-order valence-corrected chi connectivity index (χ4v) is 3.31. The molecule has 0 saturated carbocycles. The molecule has 0 radical (unpaired) electrons. The van der Waals surface area contributed by atoms with Crippen LogP contribution in [0.2, 0.25) is 0 Å². The molecule has 6 heteroatoms. The van der Waals surface area contributed by atoms with Gasteiger partial charge in [-0.2, -0.15) is 0 Å². The Balaban J connectivity index is 1.76. The number of methoxy groups -OCH3 is 2. The van der Waals surface area contributed by atoms with Crippen LogP contribution in [0.15, 0.2) is 36.4 Å². The first kappa shape index (κ1) is 18.0. The summed E-state index contributed by atoms with van der Waals surface area (Å²) in [5.74, 6) is 0.701. The molecule has 0 aliphatic carbocycles. The number of carbonyl (C=O) groups excluding carboxylic acids is 1. The third-order valence-electron chi connectivity index (χ3n) is 4.61. The van der Waals surface area contributed by atoms with Crippen LogP contribution in [0.25, 0.3) is 0 Å². The second-order valence-corrected chi connectivity index (χ2v) is 6.37. The molecule has 1 unspecified atom stereocenters. The zero-order valence-electron chi connectivity index (χ0n) is 15.2. The Morgan fingerprint density at radius 2 is 1.88 bits per heavy atom. The van der Waals surface area contributed by atoms with E-state index >= 15 is 0 Å². The van der Waals surface area contributed by atoms with Gasteiger partial charge in [-0.1, -0.05) is 6.07 Å². The largest absolute Gasteiger partial charge is 0.497 e.